The van der Waals surface area contributed by atoms with Gasteiger partial charge >= 0.3 is 5.97 Å². The standard InChI is InChI=1S/C33H53N11O10/c1-17(2)26(44-28(49)20(10-12-24(35)46)40-27(48)19(34)9-6-14-39-33(37)38)31(52)42-22(15-18-7-4-3-5-8-18)29(50)43-23(16-45)30(51)41-21(32(53)54)11-13-25(36)47/h3-5,7-8,17,19-23,26,45H,6,9-16,34H2,1-2H3,(H2,35,46)(H2,36,47)(H,40,48)(H,41,51)(H,42,52)(H,43,50)(H,44,49)(H,53,54)(H4,37,38,39)/t19-,20-,21-,22-,23-,26-/m0/s1. The predicted octanol–water partition coefficient (Wildman–Crippen LogP) is -4.70. The lowest BCUT2D eigenvalue weighted by Gasteiger charge is -2.28. The van der Waals surface area contributed by atoms with Crippen molar-refractivity contribution in [1.29, 1.82) is 0 Å². The molecule has 7 amide bonds. The van der Waals surface area contributed by atoms with Gasteiger partial charge in [-0.2, -0.15) is 0 Å². The van der Waals surface area contributed by atoms with E-state index in [0.717, 1.165) is 0 Å². The molecule has 6 atom stereocenters. The summed E-state index contributed by atoms with van der Waals surface area (Å²) in [5.41, 5.74) is 27.5. The number of aliphatic hydroxyl groups excluding tert-OH is 1. The average molecular weight is 764 g/mol. The number of aliphatic hydroxyl groups is 1. The number of aliphatic carboxylic acids is 1. The first-order valence-electron chi connectivity index (χ1n) is 17.1. The first-order chi connectivity index (χ1) is 25.4. The van der Waals surface area contributed by atoms with Crippen LogP contribution in [0.1, 0.15) is 57.9 Å². The van der Waals surface area contributed by atoms with Gasteiger partial charge in [0, 0.05) is 25.8 Å². The summed E-state index contributed by atoms with van der Waals surface area (Å²) >= 11 is 0. The number of nitrogens with one attached hydrogen (secondary N) is 5. The van der Waals surface area contributed by atoms with Gasteiger partial charge in [-0.3, -0.25) is 38.6 Å². The molecule has 0 aromatic heterocycles. The maximum atomic E-state index is 13.7. The van der Waals surface area contributed by atoms with Crippen molar-refractivity contribution >= 4 is 53.3 Å². The van der Waals surface area contributed by atoms with Gasteiger partial charge in [-0.1, -0.05) is 44.2 Å². The van der Waals surface area contributed by atoms with Gasteiger partial charge in [-0.05, 0) is 37.2 Å². The van der Waals surface area contributed by atoms with Crippen LogP contribution in [0, 0.1) is 5.92 Å². The molecule has 1 aromatic rings. The van der Waals surface area contributed by atoms with Gasteiger partial charge in [-0.25, -0.2) is 4.79 Å². The van der Waals surface area contributed by atoms with Crippen molar-refractivity contribution in [3.05, 3.63) is 35.9 Å². The molecule has 0 unspecified atom stereocenters. The van der Waals surface area contributed by atoms with Gasteiger partial charge in [0.2, 0.25) is 41.4 Å². The van der Waals surface area contributed by atoms with Gasteiger partial charge in [0.25, 0.3) is 0 Å². The molecule has 0 saturated carbocycles. The minimum absolute atomic E-state index is 0.119. The fourth-order valence-corrected chi connectivity index (χ4v) is 4.88. The normalized spacial score (nSPS) is 14.2. The summed E-state index contributed by atoms with van der Waals surface area (Å²) in [5.74, 6) is -8.21. The highest BCUT2D eigenvalue weighted by atomic mass is 16.4. The number of aliphatic imine (C=N–C) groups is 1. The fraction of sp³-hybridized carbons (Fsp3) is 0.545. The van der Waals surface area contributed by atoms with Crippen LogP contribution >= 0.6 is 0 Å². The van der Waals surface area contributed by atoms with Crippen LogP contribution in [-0.2, 0) is 44.8 Å². The Morgan fingerprint density at radius 2 is 1.17 bits per heavy atom. The van der Waals surface area contributed by atoms with Gasteiger partial charge in [0.1, 0.15) is 30.2 Å². The maximum Gasteiger partial charge on any atom is 0.326 e. The molecule has 0 aliphatic rings. The molecule has 21 heteroatoms. The Morgan fingerprint density at radius 3 is 1.69 bits per heavy atom. The Morgan fingerprint density at radius 1 is 0.667 bits per heavy atom. The Balaban J connectivity index is 3.22. The lowest BCUT2D eigenvalue weighted by Crippen LogP contribution is -2.61. The van der Waals surface area contributed by atoms with Crippen LogP contribution in [0.3, 0.4) is 0 Å². The molecule has 0 bridgehead atoms. The van der Waals surface area contributed by atoms with Crippen LogP contribution in [0.4, 0.5) is 0 Å². The second-order valence-electron chi connectivity index (χ2n) is 12.8. The third kappa shape index (κ3) is 17.6. The largest absolute Gasteiger partial charge is 0.480 e. The van der Waals surface area contributed by atoms with Crippen molar-refractivity contribution in [3.63, 3.8) is 0 Å². The lowest BCUT2D eigenvalue weighted by molar-refractivity contribution is -0.143. The third-order valence-electron chi connectivity index (χ3n) is 7.89. The van der Waals surface area contributed by atoms with E-state index >= 15 is 0 Å². The van der Waals surface area contributed by atoms with Crippen molar-refractivity contribution in [2.45, 2.75) is 95.0 Å². The van der Waals surface area contributed by atoms with Crippen molar-refractivity contribution in [2.24, 2.45) is 39.6 Å². The molecule has 0 fully saturated rings. The number of amides is 7. The molecule has 54 heavy (non-hydrogen) atoms. The predicted molar refractivity (Wildman–Crippen MR) is 194 cm³/mol. The highest BCUT2D eigenvalue weighted by Crippen LogP contribution is 2.09. The van der Waals surface area contributed by atoms with Gasteiger partial charge in [0.15, 0.2) is 5.96 Å². The second-order valence-corrected chi connectivity index (χ2v) is 12.8. The van der Waals surface area contributed by atoms with Crippen molar-refractivity contribution < 1.29 is 48.6 Å². The Labute approximate surface area is 312 Å². The smallest absolute Gasteiger partial charge is 0.326 e. The number of carbonyl (C=O) groups excluding carboxylic acids is 7. The molecule has 21 nitrogen and oxygen atoms in total. The van der Waals surface area contributed by atoms with Crippen molar-refractivity contribution in [2.75, 3.05) is 13.2 Å². The highest BCUT2D eigenvalue weighted by Gasteiger charge is 2.34. The van der Waals surface area contributed by atoms with Gasteiger partial charge < -0.3 is 65.5 Å². The molecule has 0 spiro atoms. The molecule has 1 rings (SSSR count). The van der Waals surface area contributed by atoms with Crippen molar-refractivity contribution in [3.8, 4) is 0 Å². The summed E-state index contributed by atoms with van der Waals surface area (Å²) in [6, 6.07) is 0.0750. The number of carboxylic acids is 1. The van der Waals surface area contributed by atoms with Gasteiger partial charge in [0.05, 0.1) is 12.6 Å². The highest BCUT2D eigenvalue weighted by molar-refractivity contribution is 5.96. The molecule has 300 valence electrons. The van der Waals surface area contributed by atoms with E-state index in [-0.39, 0.29) is 51.0 Å². The molecular formula is C33H53N11O10. The zero-order valence-electron chi connectivity index (χ0n) is 30.3. The Hall–Kier alpha value is -5.83. The topological polar surface area (TPSA) is 380 Å². The first-order valence-corrected chi connectivity index (χ1v) is 17.1. The minimum atomic E-state index is -1.67. The summed E-state index contributed by atoms with van der Waals surface area (Å²) in [5, 5.41) is 31.4. The first kappa shape index (κ1) is 46.2. The van der Waals surface area contributed by atoms with Crippen molar-refractivity contribution in [1.82, 2.24) is 26.6 Å². The molecule has 1 aromatic carbocycles. The molecule has 17 N–H and O–H groups in total. The maximum absolute atomic E-state index is 13.7. The average Bonchev–Trinajstić information content (AvgIpc) is 3.10. The van der Waals surface area contributed by atoms with Crippen LogP contribution in [0.2, 0.25) is 0 Å². The monoisotopic (exact) mass is 763 g/mol. The molecular weight excluding hydrogens is 710 g/mol. The van der Waals surface area contributed by atoms with Crippen LogP contribution < -0.4 is 55.3 Å². The van der Waals surface area contributed by atoms with E-state index in [1.54, 1.807) is 44.2 Å². The number of rotatable bonds is 25. The van der Waals surface area contributed by atoms with E-state index in [1.807, 2.05) is 0 Å². The number of benzene rings is 1. The fourth-order valence-electron chi connectivity index (χ4n) is 4.88. The van der Waals surface area contributed by atoms with E-state index in [1.165, 1.54) is 0 Å². The van der Waals surface area contributed by atoms with E-state index in [0.29, 0.717) is 12.0 Å². The van der Waals surface area contributed by atoms with Gasteiger partial charge in [-0.15, -0.1) is 0 Å². The number of hydrogen-bond donors (Lipinski definition) is 12. The van der Waals surface area contributed by atoms with Crippen LogP contribution in [0.5, 0.6) is 0 Å². The number of carboxylic acid groups (broad SMARTS) is 1. The second kappa shape index (κ2) is 23.7. The zero-order valence-corrected chi connectivity index (χ0v) is 30.3. The van der Waals surface area contributed by atoms with E-state index in [9.17, 15) is 48.6 Å². The van der Waals surface area contributed by atoms with Crippen LogP contribution in [0.25, 0.3) is 0 Å². The van der Waals surface area contributed by atoms with E-state index in [2.05, 4.69) is 31.6 Å². The summed E-state index contributed by atoms with van der Waals surface area (Å²) in [4.78, 5) is 105. The number of nitrogens with two attached hydrogens (primary N) is 5. The summed E-state index contributed by atoms with van der Waals surface area (Å²) in [6.07, 6.45) is -0.850. The third-order valence-corrected chi connectivity index (χ3v) is 7.89. The zero-order chi connectivity index (χ0) is 41.0. The number of carbonyl (C=O) groups is 8. The summed E-state index contributed by atoms with van der Waals surface area (Å²) < 4.78 is 0. The number of guanidine groups is 1. The Bertz CT molecular complexity index is 1490. The number of nitrogens with zero attached hydrogens (tertiary/aromatic N) is 1. The summed E-state index contributed by atoms with van der Waals surface area (Å²) in [7, 11) is 0. The quantitative estimate of drug-likeness (QED) is 0.0253. The lowest BCUT2D eigenvalue weighted by atomic mass is 9.99. The molecule has 0 aliphatic heterocycles. The van der Waals surface area contributed by atoms with Crippen LogP contribution in [0.15, 0.2) is 35.3 Å². The van der Waals surface area contributed by atoms with Crippen LogP contribution in [-0.4, -0.2) is 113 Å². The molecule has 0 aliphatic carbocycles. The SMILES string of the molecule is CC(C)[C@H](NC(=O)[C@H](CCC(N)=O)NC(=O)[C@@H](N)CCCN=C(N)N)C(=O)N[C@@H](Cc1ccccc1)C(=O)N[C@@H](CO)C(=O)N[C@@H](CCC(N)=O)C(=O)O. The molecule has 0 radical (unpaired) electrons. The van der Waals surface area contributed by atoms with E-state index < -0.39 is 96.1 Å². The number of primary amides is 2. The Kier molecular flexibility index (Phi) is 20.3. The molecule has 0 heterocycles. The van der Waals surface area contributed by atoms with E-state index in [4.69, 9.17) is 28.7 Å². The number of hydrogen-bond acceptors (Lipinski definition) is 11. The molecule has 0 saturated heterocycles. The minimum Gasteiger partial charge on any atom is -0.480 e. The summed E-state index contributed by atoms with van der Waals surface area (Å²) in [6.45, 7) is 2.45.